The van der Waals surface area contributed by atoms with E-state index in [2.05, 4.69) is 19.1 Å². The fraction of sp³-hybridized carbons (Fsp3) is 0.733. The number of esters is 2. The second-order valence-corrected chi connectivity index (χ2v) is 6.03. The van der Waals surface area contributed by atoms with E-state index in [0.29, 0.717) is 12.8 Å². The van der Waals surface area contributed by atoms with E-state index < -0.39 is 17.4 Å². The second kappa shape index (κ2) is 4.99. The number of methoxy groups -OCH3 is 2. The Labute approximate surface area is 114 Å². The molecule has 0 saturated heterocycles. The summed E-state index contributed by atoms with van der Waals surface area (Å²) in [6.07, 6.45) is 8.56. The van der Waals surface area contributed by atoms with Crippen molar-refractivity contribution in [1.82, 2.24) is 0 Å². The molecule has 0 unspecified atom stereocenters. The Kier molecular flexibility index (Phi) is 3.70. The SMILES string of the molecule is COC(=O)C1(C(=O)OC)C[C@@H]2C=CCCC[C@]2(C)C1. The number of allylic oxidation sites excluding steroid dienone is 2. The second-order valence-electron chi connectivity index (χ2n) is 6.03. The van der Waals surface area contributed by atoms with E-state index in [1.807, 2.05) is 0 Å². The van der Waals surface area contributed by atoms with Crippen molar-refractivity contribution in [2.75, 3.05) is 14.2 Å². The predicted octanol–water partition coefficient (Wildman–Crippen LogP) is 2.48. The maximum atomic E-state index is 12.2. The van der Waals surface area contributed by atoms with Crippen LogP contribution >= 0.6 is 0 Å². The lowest BCUT2D eigenvalue weighted by Crippen LogP contribution is -2.40. The Hall–Kier alpha value is -1.32. The molecule has 0 heterocycles. The Morgan fingerprint density at radius 1 is 1.21 bits per heavy atom. The van der Waals surface area contributed by atoms with Gasteiger partial charge in [-0.25, -0.2) is 0 Å². The molecule has 2 atom stereocenters. The lowest BCUT2D eigenvalue weighted by molar-refractivity contribution is -0.169. The van der Waals surface area contributed by atoms with Gasteiger partial charge >= 0.3 is 11.9 Å². The number of hydrogen-bond acceptors (Lipinski definition) is 4. The summed E-state index contributed by atoms with van der Waals surface area (Å²) in [4.78, 5) is 24.3. The highest BCUT2D eigenvalue weighted by atomic mass is 16.5. The highest BCUT2D eigenvalue weighted by Crippen LogP contribution is 2.57. The van der Waals surface area contributed by atoms with Gasteiger partial charge < -0.3 is 9.47 Å². The van der Waals surface area contributed by atoms with Crippen LogP contribution in [0.2, 0.25) is 0 Å². The van der Waals surface area contributed by atoms with Crippen molar-refractivity contribution in [3.8, 4) is 0 Å². The third-order valence-electron chi connectivity index (χ3n) is 4.81. The molecule has 2 rings (SSSR count). The average molecular weight is 266 g/mol. The molecule has 0 aliphatic heterocycles. The molecule has 0 N–H and O–H groups in total. The van der Waals surface area contributed by atoms with Crippen LogP contribution in [0.25, 0.3) is 0 Å². The zero-order valence-corrected chi connectivity index (χ0v) is 11.9. The van der Waals surface area contributed by atoms with Gasteiger partial charge in [0.1, 0.15) is 0 Å². The lowest BCUT2D eigenvalue weighted by atomic mass is 9.75. The lowest BCUT2D eigenvalue weighted by Gasteiger charge is -2.29. The molecular formula is C15H22O4. The third kappa shape index (κ3) is 2.17. The van der Waals surface area contributed by atoms with Gasteiger partial charge in [-0.05, 0) is 43.4 Å². The highest BCUT2D eigenvalue weighted by molar-refractivity contribution is 6.00. The van der Waals surface area contributed by atoms with Crippen LogP contribution < -0.4 is 0 Å². The van der Waals surface area contributed by atoms with Crippen LogP contribution in [-0.2, 0) is 19.1 Å². The van der Waals surface area contributed by atoms with Gasteiger partial charge in [0.15, 0.2) is 5.41 Å². The predicted molar refractivity (Wildman–Crippen MR) is 70.3 cm³/mol. The maximum Gasteiger partial charge on any atom is 0.323 e. The summed E-state index contributed by atoms with van der Waals surface area (Å²) in [5.74, 6) is -0.669. The summed E-state index contributed by atoms with van der Waals surface area (Å²) in [7, 11) is 2.67. The Balaban J connectivity index is 2.38. The summed E-state index contributed by atoms with van der Waals surface area (Å²) in [6, 6.07) is 0. The molecule has 0 radical (unpaired) electrons. The summed E-state index contributed by atoms with van der Waals surface area (Å²) in [6.45, 7) is 2.17. The fourth-order valence-electron chi connectivity index (χ4n) is 3.76. The third-order valence-corrected chi connectivity index (χ3v) is 4.81. The molecule has 0 bridgehead atoms. The van der Waals surface area contributed by atoms with E-state index in [0.717, 1.165) is 19.3 Å². The standard InChI is InChI=1S/C15H22O4/c1-14-8-6-4-5-7-11(14)9-15(10-14,12(16)18-2)13(17)19-3/h5,7,11H,4,6,8-10H2,1-3H3/t11-,14+/m0/s1. The number of carbonyl (C=O) groups excluding carboxylic acids is 2. The molecule has 19 heavy (non-hydrogen) atoms. The number of carbonyl (C=O) groups is 2. The molecular weight excluding hydrogens is 244 g/mol. The van der Waals surface area contributed by atoms with E-state index in [1.54, 1.807) is 0 Å². The first kappa shape index (κ1) is 14.1. The van der Waals surface area contributed by atoms with Gasteiger partial charge in [0.05, 0.1) is 14.2 Å². The molecule has 0 aromatic carbocycles. The minimum atomic E-state index is -1.12. The van der Waals surface area contributed by atoms with E-state index in [4.69, 9.17) is 9.47 Å². The first-order chi connectivity index (χ1) is 8.98. The molecule has 4 heteroatoms. The topological polar surface area (TPSA) is 52.6 Å². The van der Waals surface area contributed by atoms with Crippen molar-refractivity contribution in [2.45, 2.75) is 39.0 Å². The Bertz CT molecular complexity index is 396. The Morgan fingerprint density at radius 3 is 2.42 bits per heavy atom. The van der Waals surface area contributed by atoms with Gasteiger partial charge in [-0.3, -0.25) is 9.59 Å². The van der Waals surface area contributed by atoms with Crippen molar-refractivity contribution in [3.05, 3.63) is 12.2 Å². The number of ether oxygens (including phenoxy) is 2. The molecule has 0 aromatic rings. The molecule has 0 spiro atoms. The van der Waals surface area contributed by atoms with Crippen molar-refractivity contribution in [2.24, 2.45) is 16.7 Å². The first-order valence-corrected chi connectivity index (χ1v) is 6.82. The molecule has 0 aromatic heterocycles. The molecule has 4 nitrogen and oxygen atoms in total. The zero-order chi connectivity index (χ0) is 14.1. The van der Waals surface area contributed by atoms with Crippen LogP contribution in [0.1, 0.15) is 39.0 Å². The normalized spacial score (nSPS) is 32.3. The molecule has 2 aliphatic rings. The van der Waals surface area contributed by atoms with Crippen LogP contribution in [0.5, 0.6) is 0 Å². The molecule has 106 valence electrons. The van der Waals surface area contributed by atoms with Crippen molar-refractivity contribution < 1.29 is 19.1 Å². The van der Waals surface area contributed by atoms with E-state index in [9.17, 15) is 9.59 Å². The monoisotopic (exact) mass is 266 g/mol. The van der Waals surface area contributed by atoms with Crippen LogP contribution in [0.3, 0.4) is 0 Å². The molecule has 0 amide bonds. The van der Waals surface area contributed by atoms with E-state index in [1.165, 1.54) is 14.2 Å². The van der Waals surface area contributed by atoms with Crippen LogP contribution in [-0.4, -0.2) is 26.2 Å². The van der Waals surface area contributed by atoms with Crippen molar-refractivity contribution in [1.29, 1.82) is 0 Å². The van der Waals surface area contributed by atoms with Crippen molar-refractivity contribution in [3.63, 3.8) is 0 Å². The minimum Gasteiger partial charge on any atom is -0.468 e. The van der Waals surface area contributed by atoms with Crippen LogP contribution in [0.15, 0.2) is 12.2 Å². The highest BCUT2D eigenvalue weighted by Gasteiger charge is 2.60. The van der Waals surface area contributed by atoms with E-state index >= 15 is 0 Å². The van der Waals surface area contributed by atoms with Crippen LogP contribution in [0, 0.1) is 16.7 Å². The summed E-state index contributed by atoms with van der Waals surface area (Å²) in [5, 5.41) is 0. The van der Waals surface area contributed by atoms with Gasteiger partial charge in [0.25, 0.3) is 0 Å². The van der Waals surface area contributed by atoms with Gasteiger partial charge in [-0.1, -0.05) is 19.1 Å². The fourth-order valence-corrected chi connectivity index (χ4v) is 3.76. The summed E-state index contributed by atoms with van der Waals surface area (Å²) >= 11 is 0. The van der Waals surface area contributed by atoms with Crippen molar-refractivity contribution >= 4 is 11.9 Å². The molecule has 1 saturated carbocycles. The number of rotatable bonds is 2. The van der Waals surface area contributed by atoms with Gasteiger partial charge in [0, 0.05) is 0 Å². The minimum absolute atomic E-state index is 0.0185. The number of hydrogen-bond donors (Lipinski definition) is 0. The smallest absolute Gasteiger partial charge is 0.323 e. The van der Waals surface area contributed by atoms with E-state index in [-0.39, 0.29) is 11.3 Å². The quantitative estimate of drug-likeness (QED) is 0.438. The van der Waals surface area contributed by atoms with Gasteiger partial charge in [-0.15, -0.1) is 0 Å². The maximum absolute atomic E-state index is 12.2. The first-order valence-electron chi connectivity index (χ1n) is 6.82. The number of fused-ring (bicyclic) bond motifs is 1. The summed E-state index contributed by atoms with van der Waals surface area (Å²) in [5.41, 5.74) is -1.14. The Morgan fingerprint density at radius 2 is 1.84 bits per heavy atom. The molecule has 1 fully saturated rings. The van der Waals surface area contributed by atoms with Gasteiger partial charge in [-0.2, -0.15) is 0 Å². The largest absolute Gasteiger partial charge is 0.468 e. The molecule has 2 aliphatic carbocycles. The summed E-state index contributed by atoms with van der Waals surface area (Å²) < 4.78 is 9.76. The zero-order valence-electron chi connectivity index (χ0n) is 11.9. The van der Waals surface area contributed by atoms with Gasteiger partial charge in [0.2, 0.25) is 0 Å². The average Bonchev–Trinajstić information content (AvgIpc) is 2.60. The van der Waals surface area contributed by atoms with Crippen LogP contribution in [0.4, 0.5) is 0 Å².